The van der Waals surface area contributed by atoms with Crippen molar-refractivity contribution < 1.29 is 4.79 Å². The largest absolute Gasteiger partial charge is 0.366 e. The highest BCUT2D eigenvalue weighted by Gasteiger charge is 2.06. The number of hydrogen-bond donors (Lipinski definition) is 1. The van der Waals surface area contributed by atoms with E-state index >= 15 is 0 Å². The third-order valence-electron chi connectivity index (χ3n) is 1.01. The number of nitrogens with two attached hydrogens (primary N) is 1. The lowest BCUT2D eigenvalue weighted by molar-refractivity contribution is -0.113. The first-order valence-corrected chi connectivity index (χ1v) is 3.38. The second-order valence-electron chi connectivity index (χ2n) is 3.57. The van der Waals surface area contributed by atoms with E-state index in [1.165, 1.54) is 6.08 Å². The molecule has 0 unspecified atom stereocenters. The van der Waals surface area contributed by atoms with Gasteiger partial charge in [-0.1, -0.05) is 26.8 Å². The van der Waals surface area contributed by atoms with Gasteiger partial charge in [0.15, 0.2) is 0 Å². The van der Waals surface area contributed by atoms with Crippen LogP contribution < -0.4 is 5.73 Å². The molecular formula is C8H15NO. The fourth-order valence-corrected chi connectivity index (χ4v) is 0.529. The number of hydrogen-bond acceptors (Lipinski definition) is 1. The summed E-state index contributed by atoms with van der Waals surface area (Å²) < 4.78 is 0. The highest BCUT2D eigenvalue weighted by molar-refractivity contribution is 5.85. The van der Waals surface area contributed by atoms with Crippen LogP contribution in [0.3, 0.4) is 0 Å². The van der Waals surface area contributed by atoms with E-state index < -0.39 is 0 Å². The zero-order valence-electron chi connectivity index (χ0n) is 6.85. The fraction of sp³-hybridized carbons (Fsp3) is 0.625. The van der Waals surface area contributed by atoms with Crippen LogP contribution in [0.1, 0.15) is 27.2 Å². The minimum atomic E-state index is -0.371. The molecule has 2 heteroatoms. The highest BCUT2D eigenvalue weighted by Crippen LogP contribution is 2.18. The van der Waals surface area contributed by atoms with Gasteiger partial charge in [0, 0.05) is 0 Å². The van der Waals surface area contributed by atoms with E-state index in [0.717, 1.165) is 6.42 Å². The van der Waals surface area contributed by atoms with Crippen LogP contribution in [0.2, 0.25) is 0 Å². The lowest BCUT2D eigenvalue weighted by atomic mass is 9.92. The molecule has 2 nitrogen and oxygen atoms in total. The molecule has 0 aliphatic heterocycles. The molecule has 0 rings (SSSR count). The molecule has 0 heterocycles. The molecule has 0 saturated heterocycles. The maximum Gasteiger partial charge on any atom is 0.241 e. The molecule has 0 aromatic rings. The van der Waals surface area contributed by atoms with Crippen molar-refractivity contribution in [2.45, 2.75) is 27.2 Å². The number of allylic oxidation sites excluding steroid dienone is 1. The van der Waals surface area contributed by atoms with Gasteiger partial charge >= 0.3 is 0 Å². The first kappa shape index (κ1) is 9.21. The zero-order valence-corrected chi connectivity index (χ0v) is 6.85. The Balaban J connectivity index is 3.64. The summed E-state index contributed by atoms with van der Waals surface area (Å²) in [6, 6.07) is 0. The Morgan fingerprint density at radius 1 is 1.50 bits per heavy atom. The average molecular weight is 141 g/mol. The van der Waals surface area contributed by atoms with Crippen LogP contribution in [0.25, 0.3) is 0 Å². The monoisotopic (exact) mass is 141 g/mol. The van der Waals surface area contributed by atoms with Crippen LogP contribution in [-0.4, -0.2) is 5.91 Å². The molecule has 2 N–H and O–H groups in total. The molecule has 0 radical (unpaired) electrons. The van der Waals surface area contributed by atoms with Gasteiger partial charge in [0.05, 0.1) is 0 Å². The zero-order chi connectivity index (χ0) is 8.20. The summed E-state index contributed by atoms with van der Waals surface area (Å²) in [4.78, 5) is 10.2. The van der Waals surface area contributed by atoms with Crippen LogP contribution in [0.4, 0.5) is 0 Å². The molecule has 58 valence electrons. The second kappa shape index (κ2) is 3.40. The highest BCUT2D eigenvalue weighted by atomic mass is 16.1. The van der Waals surface area contributed by atoms with Gasteiger partial charge in [-0.05, 0) is 17.9 Å². The summed E-state index contributed by atoms with van der Waals surface area (Å²) >= 11 is 0. The number of rotatable bonds is 2. The van der Waals surface area contributed by atoms with Gasteiger partial charge < -0.3 is 5.73 Å². The molecule has 0 bridgehead atoms. The molecule has 0 fully saturated rings. The smallest absolute Gasteiger partial charge is 0.241 e. The molecule has 0 saturated carbocycles. The number of carbonyl (C=O) groups excluding carboxylic acids is 1. The molecule has 0 atom stereocenters. The first-order valence-electron chi connectivity index (χ1n) is 3.38. The molecule has 0 aliphatic carbocycles. The normalized spacial score (nSPS) is 12.3. The minimum Gasteiger partial charge on any atom is -0.366 e. The lowest BCUT2D eigenvalue weighted by Crippen LogP contribution is -2.07. The summed E-state index contributed by atoms with van der Waals surface area (Å²) in [5.41, 5.74) is 5.14. The third kappa shape index (κ3) is 7.21. The maximum atomic E-state index is 10.2. The summed E-state index contributed by atoms with van der Waals surface area (Å²) in [5.74, 6) is -0.371. The van der Waals surface area contributed by atoms with E-state index in [4.69, 9.17) is 5.73 Å². The molecular weight excluding hydrogens is 126 g/mol. The van der Waals surface area contributed by atoms with Gasteiger partial charge in [0.2, 0.25) is 5.91 Å². The van der Waals surface area contributed by atoms with Crippen molar-refractivity contribution in [3.8, 4) is 0 Å². The van der Waals surface area contributed by atoms with Crippen molar-refractivity contribution in [3.05, 3.63) is 12.2 Å². The average Bonchev–Trinajstić information content (AvgIpc) is 1.59. The van der Waals surface area contributed by atoms with Crippen LogP contribution in [-0.2, 0) is 4.79 Å². The first-order chi connectivity index (χ1) is 4.42. The quantitative estimate of drug-likeness (QED) is 0.581. The van der Waals surface area contributed by atoms with Gasteiger partial charge in [-0.15, -0.1) is 0 Å². The SMILES string of the molecule is CC(C)(C)C/C=C\C(N)=O. The molecule has 0 aromatic heterocycles. The summed E-state index contributed by atoms with van der Waals surface area (Å²) in [6.45, 7) is 6.33. The van der Waals surface area contributed by atoms with Crippen LogP contribution in [0.15, 0.2) is 12.2 Å². The van der Waals surface area contributed by atoms with Gasteiger partial charge in [-0.2, -0.15) is 0 Å². The van der Waals surface area contributed by atoms with Gasteiger partial charge in [-0.25, -0.2) is 0 Å². The van der Waals surface area contributed by atoms with Crippen LogP contribution >= 0.6 is 0 Å². The predicted molar refractivity (Wildman–Crippen MR) is 42.4 cm³/mol. The van der Waals surface area contributed by atoms with E-state index in [2.05, 4.69) is 20.8 Å². The Labute approximate surface area is 62.1 Å². The van der Waals surface area contributed by atoms with Crippen molar-refractivity contribution in [3.63, 3.8) is 0 Å². The van der Waals surface area contributed by atoms with Crippen LogP contribution in [0.5, 0.6) is 0 Å². The summed E-state index contributed by atoms with van der Waals surface area (Å²) in [7, 11) is 0. The number of carbonyl (C=O) groups is 1. The molecule has 0 spiro atoms. The minimum absolute atomic E-state index is 0.242. The lowest BCUT2D eigenvalue weighted by Gasteiger charge is -2.13. The molecule has 10 heavy (non-hydrogen) atoms. The van der Waals surface area contributed by atoms with E-state index in [-0.39, 0.29) is 11.3 Å². The van der Waals surface area contributed by atoms with Crippen molar-refractivity contribution in [1.82, 2.24) is 0 Å². The van der Waals surface area contributed by atoms with E-state index in [9.17, 15) is 4.79 Å². The van der Waals surface area contributed by atoms with Crippen LogP contribution in [0, 0.1) is 5.41 Å². The Hall–Kier alpha value is -0.790. The Bertz CT molecular complexity index is 142. The molecule has 0 aromatic carbocycles. The molecule has 1 amide bonds. The second-order valence-corrected chi connectivity index (χ2v) is 3.57. The number of amides is 1. The Morgan fingerprint density at radius 3 is 2.30 bits per heavy atom. The maximum absolute atomic E-state index is 10.2. The fourth-order valence-electron chi connectivity index (χ4n) is 0.529. The van der Waals surface area contributed by atoms with Crippen molar-refractivity contribution in [2.24, 2.45) is 11.1 Å². The number of primary amides is 1. The van der Waals surface area contributed by atoms with Gasteiger partial charge in [-0.3, -0.25) is 4.79 Å². The van der Waals surface area contributed by atoms with Gasteiger partial charge in [0.25, 0.3) is 0 Å². The third-order valence-corrected chi connectivity index (χ3v) is 1.01. The topological polar surface area (TPSA) is 43.1 Å². The summed E-state index contributed by atoms with van der Waals surface area (Å²) in [5, 5.41) is 0. The van der Waals surface area contributed by atoms with Crippen molar-refractivity contribution in [2.75, 3.05) is 0 Å². The van der Waals surface area contributed by atoms with E-state index in [1.807, 2.05) is 6.08 Å². The standard InChI is InChI=1S/C8H15NO/c1-8(2,3)6-4-5-7(9)10/h4-5H,6H2,1-3H3,(H2,9,10)/b5-4-. The van der Waals surface area contributed by atoms with Crippen molar-refractivity contribution in [1.29, 1.82) is 0 Å². The Kier molecular flexibility index (Phi) is 3.13. The van der Waals surface area contributed by atoms with E-state index in [1.54, 1.807) is 0 Å². The predicted octanol–water partition coefficient (Wildman–Crippen LogP) is 1.46. The van der Waals surface area contributed by atoms with Gasteiger partial charge in [0.1, 0.15) is 0 Å². The summed E-state index contributed by atoms with van der Waals surface area (Å²) in [6.07, 6.45) is 4.10. The molecule has 0 aliphatic rings. The van der Waals surface area contributed by atoms with Crippen molar-refractivity contribution >= 4 is 5.91 Å². The Morgan fingerprint density at radius 2 is 2.00 bits per heavy atom. The van der Waals surface area contributed by atoms with E-state index in [0.29, 0.717) is 0 Å².